The standard InChI is InChI=1S/C16H16ClFN2O/c1-10(11-4-6-14(17)7-5-11)20-9-13-3-2-12(16(19)21)8-15(13)18/h2-8,10,20H,9H2,1H3,(H2,19,21)/t10-/m0/s1. The van der Waals surface area contributed by atoms with Crippen molar-refractivity contribution in [1.29, 1.82) is 0 Å². The van der Waals surface area contributed by atoms with Gasteiger partial charge in [-0.25, -0.2) is 4.39 Å². The van der Waals surface area contributed by atoms with Crippen LogP contribution in [0.3, 0.4) is 0 Å². The van der Waals surface area contributed by atoms with Gasteiger partial charge in [-0.1, -0.05) is 29.8 Å². The van der Waals surface area contributed by atoms with E-state index in [0.717, 1.165) is 11.6 Å². The zero-order valence-electron chi connectivity index (χ0n) is 11.6. The van der Waals surface area contributed by atoms with Crippen LogP contribution in [0, 0.1) is 5.82 Å². The molecule has 0 heterocycles. The van der Waals surface area contributed by atoms with Crippen molar-refractivity contribution in [2.75, 3.05) is 0 Å². The molecule has 0 aromatic heterocycles. The van der Waals surface area contributed by atoms with Crippen LogP contribution in [0.1, 0.15) is 34.5 Å². The van der Waals surface area contributed by atoms with E-state index in [1.807, 2.05) is 31.2 Å². The molecule has 3 nitrogen and oxygen atoms in total. The Morgan fingerprint density at radius 1 is 1.29 bits per heavy atom. The molecular weight excluding hydrogens is 291 g/mol. The second-order valence-electron chi connectivity index (χ2n) is 4.82. The van der Waals surface area contributed by atoms with Gasteiger partial charge in [0.2, 0.25) is 5.91 Å². The van der Waals surface area contributed by atoms with Gasteiger partial charge >= 0.3 is 0 Å². The largest absolute Gasteiger partial charge is 0.366 e. The fourth-order valence-corrected chi connectivity index (χ4v) is 2.10. The van der Waals surface area contributed by atoms with E-state index >= 15 is 0 Å². The second-order valence-corrected chi connectivity index (χ2v) is 5.26. The van der Waals surface area contributed by atoms with Crippen LogP contribution >= 0.6 is 11.6 Å². The Hall–Kier alpha value is -1.91. The van der Waals surface area contributed by atoms with Crippen molar-refractivity contribution in [2.45, 2.75) is 19.5 Å². The maximum atomic E-state index is 13.9. The van der Waals surface area contributed by atoms with Crippen molar-refractivity contribution in [3.05, 3.63) is 70.0 Å². The highest BCUT2D eigenvalue weighted by Crippen LogP contribution is 2.17. The molecule has 0 fully saturated rings. The fourth-order valence-electron chi connectivity index (χ4n) is 1.98. The molecule has 0 radical (unpaired) electrons. The highest BCUT2D eigenvalue weighted by Gasteiger charge is 2.09. The Morgan fingerprint density at radius 3 is 2.52 bits per heavy atom. The van der Waals surface area contributed by atoms with E-state index in [-0.39, 0.29) is 11.6 Å². The summed E-state index contributed by atoms with van der Waals surface area (Å²) in [5.74, 6) is -1.08. The van der Waals surface area contributed by atoms with Crippen LogP contribution in [0.25, 0.3) is 0 Å². The van der Waals surface area contributed by atoms with Crippen molar-refractivity contribution in [2.24, 2.45) is 5.73 Å². The quantitative estimate of drug-likeness (QED) is 0.889. The summed E-state index contributed by atoms with van der Waals surface area (Å²) in [6.45, 7) is 2.34. The smallest absolute Gasteiger partial charge is 0.248 e. The SMILES string of the molecule is C[C@H](NCc1ccc(C(N)=O)cc1F)c1ccc(Cl)cc1. The molecule has 0 aliphatic heterocycles. The molecular formula is C16H16ClFN2O. The van der Waals surface area contributed by atoms with E-state index in [1.165, 1.54) is 6.07 Å². The van der Waals surface area contributed by atoms with Crippen molar-refractivity contribution < 1.29 is 9.18 Å². The molecule has 0 spiro atoms. The van der Waals surface area contributed by atoms with Crippen LogP contribution in [0.2, 0.25) is 5.02 Å². The van der Waals surface area contributed by atoms with Crippen LogP contribution in [0.15, 0.2) is 42.5 Å². The third-order valence-electron chi connectivity index (χ3n) is 3.31. The van der Waals surface area contributed by atoms with E-state index in [4.69, 9.17) is 17.3 Å². The van der Waals surface area contributed by atoms with Gasteiger partial charge in [0.1, 0.15) is 5.82 Å². The first-order valence-corrected chi connectivity index (χ1v) is 6.92. The number of nitrogens with two attached hydrogens (primary N) is 1. The zero-order chi connectivity index (χ0) is 15.4. The number of primary amides is 1. The maximum absolute atomic E-state index is 13.9. The van der Waals surface area contributed by atoms with E-state index in [1.54, 1.807) is 6.07 Å². The molecule has 0 unspecified atom stereocenters. The van der Waals surface area contributed by atoms with Gasteiger partial charge in [-0.2, -0.15) is 0 Å². The summed E-state index contributed by atoms with van der Waals surface area (Å²) in [6.07, 6.45) is 0. The third kappa shape index (κ3) is 4.03. The lowest BCUT2D eigenvalue weighted by atomic mass is 10.1. The number of rotatable bonds is 5. The monoisotopic (exact) mass is 306 g/mol. The lowest BCUT2D eigenvalue weighted by molar-refractivity contribution is 0.1000. The molecule has 21 heavy (non-hydrogen) atoms. The second kappa shape index (κ2) is 6.70. The number of carbonyl (C=O) groups excluding carboxylic acids is 1. The minimum Gasteiger partial charge on any atom is -0.366 e. The molecule has 5 heteroatoms. The van der Waals surface area contributed by atoms with Gasteiger partial charge < -0.3 is 11.1 Å². The molecule has 0 saturated carbocycles. The minimum atomic E-state index is -0.636. The Kier molecular flexibility index (Phi) is 4.94. The highest BCUT2D eigenvalue weighted by atomic mass is 35.5. The van der Waals surface area contributed by atoms with Crippen LogP contribution in [0.5, 0.6) is 0 Å². The summed E-state index contributed by atoms with van der Waals surface area (Å²) in [7, 11) is 0. The summed E-state index contributed by atoms with van der Waals surface area (Å²) >= 11 is 5.84. The first-order valence-electron chi connectivity index (χ1n) is 6.54. The maximum Gasteiger partial charge on any atom is 0.248 e. The van der Waals surface area contributed by atoms with Gasteiger partial charge in [0, 0.05) is 28.7 Å². The Morgan fingerprint density at radius 2 is 1.95 bits per heavy atom. The number of benzene rings is 2. The van der Waals surface area contributed by atoms with Crippen LogP contribution in [-0.4, -0.2) is 5.91 Å². The first kappa shape index (κ1) is 15.5. The van der Waals surface area contributed by atoms with E-state index < -0.39 is 11.7 Å². The van der Waals surface area contributed by atoms with Gasteiger partial charge in [-0.05, 0) is 36.8 Å². The van der Waals surface area contributed by atoms with Crippen molar-refractivity contribution in [1.82, 2.24) is 5.32 Å². The van der Waals surface area contributed by atoms with Crippen LogP contribution in [0.4, 0.5) is 4.39 Å². The Bertz CT molecular complexity index is 643. The van der Waals surface area contributed by atoms with Crippen molar-refractivity contribution >= 4 is 17.5 Å². The number of hydrogen-bond acceptors (Lipinski definition) is 2. The highest BCUT2D eigenvalue weighted by molar-refractivity contribution is 6.30. The van der Waals surface area contributed by atoms with Gasteiger partial charge in [0.05, 0.1) is 0 Å². The Balaban J connectivity index is 2.02. The number of amides is 1. The molecule has 1 atom stereocenters. The molecule has 0 aliphatic rings. The third-order valence-corrected chi connectivity index (χ3v) is 3.56. The summed E-state index contributed by atoms with van der Waals surface area (Å²) in [5.41, 5.74) is 6.83. The molecule has 2 rings (SSSR count). The zero-order valence-corrected chi connectivity index (χ0v) is 12.3. The molecule has 0 saturated heterocycles. The van der Waals surface area contributed by atoms with E-state index in [9.17, 15) is 9.18 Å². The summed E-state index contributed by atoms with van der Waals surface area (Å²) < 4.78 is 13.9. The lowest BCUT2D eigenvalue weighted by Gasteiger charge is -2.15. The molecule has 2 aromatic rings. The fraction of sp³-hybridized carbons (Fsp3) is 0.188. The van der Waals surface area contributed by atoms with Gasteiger partial charge in [0.15, 0.2) is 0 Å². The van der Waals surface area contributed by atoms with E-state index in [0.29, 0.717) is 17.1 Å². The summed E-state index contributed by atoms with van der Waals surface area (Å²) in [4.78, 5) is 11.0. The minimum absolute atomic E-state index is 0.0532. The van der Waals surface area contributed by atoms with Gasteiger partial charge in [-0.3, -0.25) is 4.79 Å². The van der Waals surface area contributed by atoms with Crippen molar-refractivity contribution in [3.8, 4) is 0 Å². The lowest BCUT2D eigenvalue weighted by Crippen LogP contribution is -2.19. The number of nitrogens with one attached hydrogen (secondary N) is 1. The Labute approximate surface area is 127 Å². The summed E-state index contributed by atoms with van der Waals surface area (Å²) in [5, 5.41) is 3.90. The normalized spacial score (nSPS) is 12.1. The van der Waals surface area contributed by atoms with Gasteiger partial charge in [-0.15, -0.1) is 0 Å². The van der Waals surface area contributed by atoms with Gasteiger partial charge in [0.25, 0.3) is 0 Å². The predicted octanol–water partition coefficient (Wildman–Crippen LogP) is 3.43. The number of carbonyl (C=O) groups is 1. The first-order chi connectivity index (χ1) is 9.97. The molecule has 0 aliphatic carbocycles. The number of halogens is 2. The molecule has 3 N–H and O–H groups in total. The van der Waals surface area contributed by atoms with E-state index in [2.05, 4.69) is 5.32 Å². The topological polar surface area (TPSA) is 55.1 Å². The molecule has 110 valence electrons. The number of hydrogen-bond donors (Lipinski definition) is 2. The van der Waals surface area contributed by atoms with Crippen molar-refractivity contribution in [3.63, 3.8) is 0 Å². The molecule has 1 amide bonds. The van der Waals surface area contributed by atoms with Crippen LogP contribution in [-0.2, 0) is 6.54 Å². The van der Waals surface area contributed by atoms with Crippen LogP contribution < -0.4 is 11.1 Å². The predicted molar refractivity (Wildman–Crippen MR) is 81.6 cm³/mol. The molecule has 2 aromatic carbocycles. The average Bonchev–Trinajstić information content (AvgIpc) is 2.46. The molecule has 0 bridgehead atoms. The summed E-state index contributed by atoms with van der Waals surface area (Å²) in [6, 6.07) is 11.8. The average molecular weight is 307 g/mol.